The van der Waals surface area contributed by atoms with Crippen LogP contribution in [0.4, 0.5) is 4.39 Å². The molecule has 15 heavy (non-hydrogen) atoms. The van der Waals surface area contributed by atoms with E-state index in [9.17, 15) is 4.39 Å². The van der Waals surface area contributed by atoms with Crippen LogP contribution < -0.4 is 0 Å². The zero-order chi connectivity index (χ0) is 11.0. The zero-order valence-electron chi connectivity index (χ0n) is 9.08. The molecular weight excluding hydrogens is 191 g/mol. The fourth-order valence-corrected chi connectivity index (χ4v) is 1.75. The summed E-state index contributed by atoms with van der Waals surface area (Å²) in [5, 5.41) is 0. The summed E-state index contributed by atoms with van der Waals surface area (Å²) in [5.74, 6) is 0.711. The predicted molar refractivity (Wildman–Crippen MR) is 57.7 cm³/mol. The van der Waals surface area contributed by atoms with Gasteiger partial charge in [0, 0.05) is 11.4 Å². The van der Waals surface area contributed by atoms with Gasteiger partial charge in [-0.25, -0.2) is 9.37 Å². The van der Waals surface area contributed by atoms with Crippen molar-refractivity contribution >= 4 is 0 Å². The highest BCUT2D eigenvalue weighted by Crippen LogP contribution is 2.17. The van der Waals surface area contributed by atoms with E-state index in [0.29, 0.717) is 0 Å². The highest BCUT2D eigenvalue weighted by molar-refractivity contribution is 5.37. The van der Waals surface area contributed by atoms with E-state index in [2.05, 4.69) is 4.98 Å². The van der Waals surface area contributed by atoms with Gasteiger partial charge in [-0.05, 0) is 45.0 Å². The summed E-state index contributed by atoms with van der Waals surface area (Å²) in [7, 11) is 0. The summed E-state index contributed by atoms with van der Waals surface area (Å²) in [4.78, 5) is 4.38. The lowest BCUT2D eigenvalue weighted by atomic mass is 10.3. The van der Waals surface area contributed by atoms with Crippen LogP contribution in [-0.4, -0.2) is 9.55 Å². The monoisotopic (exact) mass is 204 g/mol. The molecule has 1 heterocycles. The molecule has 0 spiro atoms. The first-order chi connectivity index (χ1) is 7.09. The van der Waals surface area contributed by atoms with Crippen molar-refractivity contribution in [3.8, 4) is 5.69 Å². The molecule has 0 N–H and O–H groups in total. The molecule has 0 radical (unpaired) electrons. The van der Waals surface area contributed by atoms with Gasteiger partial charge in [-0.3, -0.25) is 0 Å². The first-order valence-electron chi connectivity index (χ1n) is 4.88. The number of aryl methyl sites for hydroxylation is 2. The number of rotatable bonds is 1. The molecule has 78 valence electrons. The Hall–Kier alpha value is -1.64. The third-order valence-electron chi connectivity index (χ3n) is 2.60. The van der Waals surface area contributed by atoms with Crippen molar-refractivity contribution < 1.29 is 4.39 Å². The third-order valence-corrected chi connectivity index (χ3v) is 2.60. The van der Waals surface area contributed by atoms with Gasteiger partial charge in [0.25, 0.3) is 0 Å². The van der Waals surface area contributed by atoms with Crippen molar-refractivity contribution in [2.75, 3.05) is 0 Å². The maximum Gasteiger partial charge on any atom is 0.123 e. The topological polar surface area (TPSA) is 17.8 Å². The van der Waals surface area contributed by atoms with Gasteiger partial charge < -0.3 is 4.57 Å². The molecule has 0 unspecified atom stereocenters. The van der Waals surface area contributed by atoms with Crippen LogP contribution in [0.5, 0.6) is 0 Å². The minimum absolute atomic E-state index is 0.217. The molecule has 0 saturated carbocycles. The van der Waals surface area contributed by atoms with Gasteiger partial charge in [0.2, 0.25) is 0 Å². The quantitative estimate of drug-likeness (QED) is 0.698. The fourth-order valence-electron chi connectivity index (χ4n) is 1.75. The Morgan fingerprint density at radius 1 is 1.07 bits per heavy atom. The van der Waals surface area contributed by atoms with E-state index in [-0.39, 0.29) is 5.82 Å². The van der Waals surface area contributed by atoms with Crippen LogP contribution in [0.15, 0.2) is 24.3 Å². The molecule has 1 aromatic carbocycles. The SMILES string of the molecule is Cc1nc(C)n(-c2ccc(F)cc2)c1C. The predicted octanol–water partition coefficient (Wildman–Crippen LogP) is 2.94. The van der Waals surface area contributed by atoms with Crippen LogP contribution in [0.1, 0.15) is 17.2 Å². The molecule has 0 amide bonds. The van der Waals surface area contributed by atoms with Crippen molar-refractivity contribution in [1.29, 1.82) is 0 Å². The number of hydrogen-bond acceptors (Lipinski definition) is 1. The molecule has 0 aliphatic heterocycles. The molecule has 3 heteroatoms. The Labute approximate surface area is 88.4 Å². The average molecular weight is 204 g/mol. The number of benzene rings is 1. The lowest BCUT2D eigenvalue weighted by Crippen LogP contribution is -1.99. The van der Waals surface area contributed by atoms with E-state index in [1.54, 1.807) is 12.1 Å². The van der Waals surface area contributed by atoms with E-state index in [1.807, 2.05) is 25.3 Å². The Morgan fingerprint density at radius 2 is 1.67 bits per heavy atom. The first-order valence-corrected chi connectivity index (χ1v) is 4.88. The lowest BCUT2D eigenvalue weighted by Gasteiger charge is -2.07. The highest BCUT2D eigenvalue weighted by atomic mass is 19.1. The van der Waals surface area contributed by atoms with Crippen LogP contribution in [0.3, 0.4) is 0 Å². The summed E-state index contributed by atoms with van der Waals surface area (Å²) in [5.41, 5.74) is 3.06. The van der Waals surface area contributed by atoms with E-state index >= 15 is 0 Å². The Morgan fingerprint density at radius 3 is 2.13 bits per heavy atom. The lowest BCUT2D eigenvalue weighted by molar-refractivity contribution is 0.627. The normalized spacial score (nSPS) is 10.7. The van der Waals surface area contributed by atoms with Crippen LogP contribution in [0, 0.1) is 26.6 Å². The maximum absolute atomic E-state index is 12.8. The van der Waals surface area contributed by atoms with Crippen molar-refractivity contribution in [1.82, 2.24) is 9.55 Å². The second kappa shape index (κ2) is 3.50. The molecule has 0 saturated heterocycles. The van der Waals surface area contributed by atoms with Gasteiger partial charge >= 0.3 is 0 Å². The molecule has 0 atom stereocenters. The number of hydrogen-bond donors (Lipinski definition) is 0. The number of nitrogens with zero attached hydrogens (tertiary/aromatic N) is 2. The molecule has 0 aliphatic rings. The summed E-state index contributed by atoms with van der Waals surface area (Å²) in [6.45, 7) is 5.93. The van der Waals surface area contributed by atoms with E-state index in [1.165, 1.54) is 12.1 Å². The van der Waals surface area contributed by atoms with Crippen molar-refractivity contribution in [2.45, 2.75) is 20.8 Å². The van der Waals surface area contributed by atoms with Crippen LogP contribution in [0.25, 0.3) is 5.69 Å². The smallest absolute Gasteiger partial charge is 0.123 e. The first kappa shape index (κ1) is 9.90. The molecule has 2 rings (SSSR count). The van der Waals surface area contributed by atoms with Gasteiger partial charge in [0.1, 0.15) is 11.6 Å². The zero-order valence-corrected chi connectivity index (χ0v) is 9.08. The molecule has 0 fully saturated rings. The Balaban J connectivity index is 2.58. The molecule has 2 nitrogen and oxygen atoms in total. The van der Waals surface area contributed by atoms with Gasteiger partial charge in [-0.15, -0.1) is 0 Å². The Kier molecular flexibility index (Phi) is 2.31. The summed E-state index contributed by atoms with van der Waals surface area (Å²) >= 11 is 0. The minimum atomic E-state index is -0.217. The average Bonchev–Trinajstić information content (AvgIpc) is 2.44. The summed E-state index contributed by atoms with van der Waals surface area (Å²) < 4.78 is 14.8. The Bertz CT molecular complexity index is 483. The largest absolute Gasteiger partial charge is 0.301 e. The second-order valence-corrected chi connectivity index (χ2v) is 3.64. The van der Waals surface area contributed by atoms with Gasteiger partial charge in [0.05, 0.1) is 5.69 Å². The number of imidazole rings is 1. The summed E-state index contributed by atoms with van der Waals surface area (Å²) in [6, 6.07) is 6.44. The third kappa shape index (κ3) is 1.65. The molecule has 1 aromatic heterocycles. The van der Waals surface area contributed by atoms with Crippen LogP contribution in [-0.2, 0) is 0 Å². The minimum Gasteiger partial charge on any atom is -0.301 e. The van der Waals surface area contributed by atoms with Gasteiger partial charge in [-0.2, -0.15) is 0 Å². The standard InChI is InChI=1S/C12H13FN2/c1-8-9(2)15(10(3)14-8)12-6-4-11(13)5-7-12/h4-7H,1-3H3. The fraction of sp³-hybridized carbons (Fsp3) is 0.250. The highest BCUT2D eigenvalue weighted by Gasteiger charge is 2.08. The number of halogens is 1. The van der Waals surface area contributed by atoms with E-state index in [0.717, 1.165) is 22.9 Å². The molecule has 2 aromatic rings. The van der Waals surface area contributed by atoms with E-state index < -0.39 is 0 Å². The molecular formula is C12H13FN2. The summed E-state index contributed by atoms with van der Waals surface area (Å²) in [6.07, 6.45) is 0. The van der Waals surface area contributed by atoms with Crippen molar-refractivity contribution in [3.63, 3.8) is 0 Å². The van der Waals surface area contributed by atoms with Crippen LogP contribution in [0.2, 0.25) is 0 Å². The van der Waals surface area contributed by atoms with Crippen molar-refractivity contribution in [3.05, 3.63) is 47.3 Å². The van der Waals surface area contributed by atoms with Gasteiger partial charge in [0.15, 0.2) is 0 Å². The van der Waals surface area contributed by atoms with Crippen LogP contribution >= 0.6 is 0 Å². The number of aromatic nitrogens is 2. The van der Waals surface area contributed by atoms with E-state index in [4.69, 9.17) is 0 Å². The second-order valence-electron chi connectivity index (χ2n) is 3.64. The van der Waals surface area contributed by atoms with Crippen molar-refractivity contribution in [2.24, 2.45) is 0 Å². The molecule has 0 aliphatic carbocycles. The maximum atomic E-state index is 12.8. The van der Waals surface area contributed by atoms with Gasteiger partial charge in [-0.1, -0.05) is 0 Å². The molecule has 0 bridgehead atoms.